The number of alkyl halides is 2. The Labute approximate surface area is 95.0 Å². The van der Waals surface area contributed by atoms with Crippen molar-refractivity contribution in [3.8, 4) is 5.75 Å². The van der Waals surface area contributed by atoms with Crippen LogP contribution in [0.2, 0.25) is 5.02 Å². The summed E-state index contributed by atoms with van der Waals surface area (Å²) in [6, 6.07) is 6.08. The van der Waals surface area contributed by atoms with E-state index in [1.807, 2.05) is 27.7 Å². The van der Waals surface area contributed by atoms with Crippen LogP contribution in [0.25, 0.3) is 0 Å². The van der Waals surface area contributed by atoms with Crippen LogP contribution in [0.3, 0.4) is 0 Å². The van der Waals surface area contributed by atoms with Crippen molar-refractivity contribution in [2.45, 2.75) is 34.3 Å². The van der Waals surface area contributed by atoms with Gasteiger partial charge in [0.05, 0.1) is 5.02 Å². The van der Waals surface area contributed by atoms with Gasteiger partial charge in [-0.05, 0) is 12.1 Å². The van der Waals surface area contributed by atoms with Crippen molar-refractivity contribution >= 4 is 11.6 Å². The number of hydrogen-bond acceptors (Lipinski definition) is 1. The Kier molecular flexibility index (Phi) is 12.4. The van der Waals surface area contributed by atoms with E-state index in [4.69, 9.17) is 11.6 Å². The highest BCUT2D eigenvalue weighted by Crippen LogP contribution is 2.24. The Bertz CT molecular complexity index is 242. The second-order valence-corrected chi connectivity index (χ2v) is 2.22. The summed E-state index contributed by atoms with van der Waals surface area (Å²) >= 11 is 5.51. The summed E-state index contributed by atoms with van der Waals surface area (Å²) < 4.78 is 27.3. The highest BCUT2D eigenvalue weighted by atomic mass is 35.5. The Morgan fingerprint density at radius 1 is 1.07 bits per heavy atom. The fraction of sp³-hybridized carbons (Fsp3) is 0.455. The maximum absolute atomic E-state index is 11.6. The summed E-state index contributed by atoms with van der Waals surface area (Å²) in [6.07, 6.45) is 0. The topological polar surface area (TPSA) is 9.23 Å². The van der Waals surface area contributed by atoms with Gasteiger partial charge in [-0.25, -0.2) is 0 Å². The standard InChI is InChI=1S/C7H5ClF2O.2C2H6/c8-5-3-1-2-4-6(5)11-7(9)10;2*1-2/h1-4,7H;2*1-2H3. The molecule has 0 radical (unpaired) electrons. The monoisotopic (exact) mass is 238 g/mol. The molecule has 0 aliphatic rings. The lowest BCUT2D eigenvalue weighted by Crippen LogP contribution is -2.01. The predicted octanol–water partition coefficient (Wildman–Crippen LogP) is 4.99. The van der Waals surface area contributed by atoms with Gasteiger partial charge >= 0.3 is 6.61 Å². The number of hydrogen-bond donors (Lipinski definition) is 0. The summed E-state index contributed by atoms with van der Waals surface area (Å²) in [5.41, 5.74) is 0. The van der Waals surface area contributed by atoms with Crippen molar-refractivity contribution in [2.75, 3.05) is 0 Å². The van der Waals surface area contributed by atoms with Crippen LogP contribution >= 0.6 is 11.6 Å². The van der Waals surface area contributed by atoms with E-state index in [9.17, 15) is 8.78 Å². The molecule has 0 spiro atoms. The molecule has 0 atom stereocenters. The Balaban J connectivity index is 0. The zero-order valence-corrected chi connectivity index (χ0v) is 10.2. The minimum atomic E-state index is -2.82. The molecule has 0 unspecified atom stereocenters. The van der Waals surface area contributed by atoms with E-state index in [1.165, 1.54) is 12.1 Å². The molecule has 88 valence electrons. The number of rotatable bonds is 2. The fourth-order valence-electron chi connectivity index (χ4n) is 0.636. The van der Waals surface area contributed by atoms with Gasteiger partial charge in [0.2, 0.25) is 0 Å². The molecule has 0 saturated carbocycles. The lowest BCUT2D eigenvalue weighted by atomic mass is 10.3. The number of benzene rings is 1. The van der Waals surface area contributed by atoms with Crippen molar-refractivity contribution in [3.05, 3.63) is 29.3 Å². The van der Waals surface area contributed by atoms with E-state index >= 15 is 0 Å². The van der Waals surface area contributed by atoms with Gasteiger partial charge in [-0.15, -0.1) is 0 Å². The van der Waals surface area contributed by atoms with Gasteiger partial charge in [0, 0.05) is 0 Å². The molecule has 15 heavy (non-hydrogen) atoms. The molecule has 0 aliphatic carbocycles. The molecule has 0 saturated heterocycles. The number of para-hydroxylation sites is 1. The van der Waals surface area contributed by atoms with Crippen LogP contribution in [-0.4, -0.2) is 6.61 Å². The zero-order chi connectivity index (χ0) is 12.3. The normalized spacial score (nSPS) is 8.27. The number of halogens is 3. The third kappa shape index (κ3) is 8.18. The van der Waals surface area contributed by atoms with Crippen LogP contribution in [0.15, 0.2) is 24.3 Å². The first kappa shape index (κ1) is 16.6. The van der Waals surface area contributed by atoms with E-state index in [1.54, 1.807) is 12.1 Å². The van der Waals surface area contributed by atoms with Gasteiger partial charge in [0.1, 0.15) is 5.75 Å². The third-order valence-corrected chi connectivity index (χ3v) is 1.36. The maximum Gasteiger partial charge on any atom is 0.387 e. The van der Waals surface area contributed by atoms with E-state index in [-0.39, 0.29) is 10.8 Å². The molecule has 1 rings (SSSR count). The van der Waals surface area contributed by atoms with Crippen molar-refractivity contribution < 1.29 is 13.5 Å². The quantitative estimate of drug-likeness (QED) is 0.705. The lowest BCUT2D eigenvalue weighted by molar-refractivity contribution is -0.0497. The highest BCUT2D eigenvalue weighted by molar-refractivity contribution is 6.32. The minimum absolute atomic E-state index is 0.00386. The van der Waals surface area contributed by atoms with E-state index in [2.05, 4.69) is 4.74 Å². The van der Waals surface area contributed by atoms with Crippen molar-refractivity contribution in [1.82, 2.24) is 0 Å². The first-order valence-electron chi connectivity index (χ1n) is 4.89. The molecule has 0 aliphatic heterocycles. The van der Waals surface area contributed by atoms with Crippen LogP contribution in [-0.2, 0) is 0 Å². The molecule has 4 heteroatoms. The third-order valence-electron chi connectivity index (χ3n) is 1.05. The molecule has 0 N–H and O–H groups in total. The van der Waals surface area contributed by atoms with Gasteiger partial charge in [0.15, 0.2) is 0 Å². The Morgan fingerprint density at radius 3 is 1.93 bits per heavy atom. The summed E-state index contributed by atoms with van der Waals surface area (Å²) in [7, 11) is 0. The van der Waals surface area contributed by atoms with Crippen molar-refractivity contribution in [2.24, 2.45) is 0 Å². The summed E-state index contributed by atoms with van der Waals surface area (Å²) in [5.74, 6) is 0.00386. The largest absolute Gasteiger partial charge is 0.433 e. The second kappa shape index (κ2) is 11.2. The number of ether oxygens (including phenoxy) is 1. The van der Waals surface area contributed by atoms with Crippen molar-refractivity contribution in [1.29, 1.82) is 0 Å². The molecule has 0 aromatic heterocycles. The zero-order valence-electron chi connectivity index (χ0n) is 9.43. The Morgan fingerprint density at radius 2 is 1.53 bits per heavy atom. The lowest BCUT2D eigenvalue weighted by Gasteiger charge is -2.04. The van der Waals surface area contributed by atoms with Crippen molar-refractivity contribution in [3.63, 3.8) is 0 Å². The van der Waals surface area contributed by atoms with E-state index in [0.29, 0.717) is 0 Å². The van der Waals surface area contributed by atoms with Crippen LogP contribution in [0.4, 0.5) is 8.78 Å². The average molecular weight is 239 g/mol. The maximum atomic E-state index is 11.6. The van der Waals surface area contributed by atoms with E-state index in [0.717, 1.165) is 0 Å². The first-order chi connectivity index (χ1) is 7.20. The molecular formula is C11H17ClF2O. The molecule has 1 nitrogen and oxygen atoms in total. The van der Waals surface area contributed by atoms with Gasteiger partial charge in [0.25, 0.3) is 0 Å². The van der Waals surface area contributed by atoms with Gasteiger partial charge in [-0.1, -0.05) is 51.4 Å². The molecule has 0 fully saturated rings. The van der Waals surface area contributed by atoms with Gasteiger partial charge in [-0.3, -0.25) is 0 Å². The molecular weight excluding hydrogens is 222 g/mol. The molecule has 0 amide bonds. The average Bonchev–Trinajstić information content (AvgIpc) is 2.27. The Hall–Kier alpha value is -0.830. The van der Waals surface area contributed by atoms with Crippen LogP contribution in [0.5, 0.6) is 5.75 Å². The summed E-state index contributed by atoms with van der Waals surface area (Å²) in [4.78, 5) is 0. The second-order valence-electron chi connectivity index (χ2n) is 1.81. The molecule has 1 aromatic carbocycles. The van der Waals surface area contributed by atoms with Gasteiger partial charge < -0.3 is 4.74 Å². The summed E-state index contributed by atoms with van der Waals surface area (Å²) in [5, 5.41) is 0.188. The smallest absolute Gasteiger partial charge is 0.387 e. The minimum Gasteiger partial charge on any atom is -0.433 e. The first-order valence-corrected chi connectivity index (χ1v) is 5.27. The molecule has 1 aromatic rings. The van der Waals surface area contributed by atoms with E-state index < -0.39 is 6.61 Å². The SMILES string of the molecule is CC.CC.FC(F)Oc1ccccc1Cl. The predicted molar refractivity (Wildman–Crippen MR) is 60.8 cm³/mol. The van der Waals surface area contributed by atoms with Crippen LogP contribution < -0.4 is 4.74 Å². The van der Waals surface area contributed by atoms with Gasteiger partial charge in [-0.2, -0.15) is 8.78 Å². The fourth-order valence-corrected chi connectivity index (χ4v) is 0.817. The molecule has 0 bridgehead atoms. The molecule has 0 heterocycles. The van der Waals surface area contributed by atoms with Crippen LogP contribution in [0, 0.1) is 0 Å². The van der Waals surface area contributed by atoms with Crippen LogP contribution in [0.1, 0.15) is 27.7 Å². The highest BCUT2D eigenvalue weighted by Gasteiger charge is 2.06. The summed E-state index contributed by atoms with van der Waals surface area (Å²) in [6.45, 7) is 5.18.